The summed E-state index contributed by atoms with van der Waals surface area (Å²) in [6.45, 7) is 6.66. The van der Waals surface area contributed by atoms with Crippen LogP contribution in [0.5, 0.6) is 0 Å². The summed E-state index contributed by atoms with van der Waals surface area (Å²) in [6, 6.07) is 2.47. The molecule has 2 heterocycles. The molecule has 1 saturated heterocycles. The van der Waals surface area contributed by atoms with E-state index in [0.29, 0.717) is 12.0 Å². The van der Waals surface area contributed by atoms with Gasteiger partial charge in [0.25, 0.3) is 0 Å². The predicted octanol–water partition coefficient (Wildman–Crippen LogP) is 2.55. The molecule has 1 aromatic rings. The van der Waals surface area contributed by atoms with Crippen molar-refractivity contribution in [1.82, 2.24) is 14.9 Å². The maximum absolute atomic E-state index is 4.53. The molecule has 0 aliphatic carbocycles. The van der Waals surface area contributed by atoms with Crippen molar-refractivity contribution in [3.05, 3.63) is 16.5 Å². The molecule has 1 N–H and O–H groups in total. The lowest BCUT2D eigenvalue weighted by atomic mass is 9.94. The van der Waals surface area contributed by atoms with Crippen LogP contribution in [0.15, 0.2) is 10.7 Å². The molecule has 1 fully saturated rings. The van der Waals surface area contributed by atoms with Gasteiger partial charge in [-0.1, -0.05) is 13.8 Å². The number of piperidine rings is 1. The molecule has 1 aliphatic heterocycles. The second-order valence-corrected chi connectivity index (χ2v) is 5.94. The van der Waals surface area contributed by atoms with Gasteiger partial charge in [-0.05, 0) is 41.9 Å². The summed E-state index contributed by atoms with van der Waals surface area (Å²) in [5, 5.41) is 3.56. The molecular weight excluding hydrogens is 292 g/mol. The molecule has 100 valence electrons. The third kappa shape index (κ3) is 3.42. The Morgan fingerprint density at radius 2 is 2.28 bits per heavy atom. The maximum atomic E-state index is 4.53. The fraction of sp³-hybridized carbons (Fsp3) is 0.692. The van der Waals surface area contributed by atoms with Crippen molar-refractivity contribution in [2.45, 2.75) is 32.7 Å². The Kier molecular flexibility index (Phi) is 4.56. The Labute approximate surface area is 117 Å². The number of rotatable bonds is 3. The van der Waals surface area contributed by atoms with Gasteiger partial charge in [-0.2, -0.15) is 0 Å². The van der Waals surface area contributed by atoms with Crippen molar-refractivity contribution in [1.29, 1.82) is 0 Å². The van der Waals surface area contributed by atoms with Gasteiger partial charge in [-0.3, -0.25) is 0 Å². The fourth-order valence-corrected chi connectivity index (χ4v) is 2.88. The van der Waals surface area contributed by atoms with Crippen molar-refractivity contribution in [2.24, 2.45) is 5.92 Å². The van der Waals surface area contributed by atoms with E-state index in [-0.39, 0.29) is 0 Å². The molecule has 0 radical (unpaired) electrons. The minimum Gasteiger partial charge on any atom is -0.367 e. The molecule has 4 nitrogen and oxygen atoms in total. The summed E-state index contributed by atoms with van der Waals surface area (Å²) in [7, 11) is 2.18. The van der Waals surface area contributed by atoms with Crippen LogP contribution < -0.4 is 5.32 Å². The topological polar surface area (TPSA) is 41.1 Å². The van der Waals surface area contributed by atoms with Gasteiger partial charge in [0.1, 0.15) is 16.2 Å². The van der Waals surface area contributed by atoms with Crippen LogP contribution in [0, 0.1) is 5.92 Å². The Hall–Kier alpha value is -0.680. The summed E-state index contributed by atoms with van der Waals surface area (Å²) in [5.74, 6) is 2.46. The first kappa shape index (κ1) is 13.7. The molecule has 2 rings (SSSR count). The third-order valence-corrected chi connectivity index (χ3v) is 3.91. The minimum atomic E-state index is 0.507. The molecule has 1 aromatic heterocycles. The molecule has 2 atom stereocenters. The van der Waals surface area contributed by atoms with E-state index in [1.54, 1.807) is 0 Å². The number of halogens is 1. The van der Waals surface area contributed by atoms with Crippen LogP contribution in [0.4, 0.5) is 5.82 Å². The summed E-state index contributed by atoms with van der Waals surface area (Å²) in [6.07, 6.45) is 2.03. The van der Waals surface area contributed by atoms with E-state index in [1.165, 1.54) is 6.42 Å². The number of anilines is 1. The molecule has 0 aromatic carbocycles. The quantitative estimate of drug-likeness (QED) is 0.871. The lowest BCUT2D eigenvalue weighted by Gasteiger charge is -2.35. The van der Waals surface area contributed by atoms with E-state index >= 15 is 0 Å². The van der Waals surface area contributed by atoms with Crippen LogP contribution in [-0.2, 0) is 6.42 Å². The van der Waals surface area contributed by atoms with Crippen LogP contribution in [0.2, 0.25) is 0 Å². The summed E-state index contributed by atoms with van der Waals surface area (Å²) >= 11 is 3.44. The first-order valence-electron chi connectivity index (χ1n) is 6.57. The molecule has 0 amide bonds. The number of likely N-dealkylation sites (tertiary alicyclic amines) is 1. The van der Waals surface area contributed by atoms with E-state index in [1.807, 2.05) is 6.07 Å². The number of nitrogens with one attached hydrogen (secondary N) is 1. The van der Waals surface area contributed by atoms with Crippen LogP contribution in [0.1, 0.15) is 26.1 Å². The van der Waals surface area contributed by atoms with Crippen molar-refractivity contribution < 1.29 is 0 Å². The van der Waals surface area contributed by atoms with E-state index in [0.717, 1.165) is 35.8 Å². The minimum absolute atomic E-state index is 0.507. The monoisotopic (exact) mass is 312 g/mol. The predicted molar refractivity (Wildman–Crippen MR) is 77.8 cm³/mol. The van der Waals surface area contributed by atoms with Gasteiger partial charge in [-0.25, -0.2) is 9.97 Å². The Morgan fingerprint density at radius 3 is 2.94 bits per heavy atom. The average Bonchev–Trinajstić information content (AvgIpc) is 2.32. The van der Waals surface area contributed by atoms with E-state index < -0.39 is 0 Å². The molecule has 0 spiro atoms. The Balaban J connectivity index is 2.06. The second-order valence-electron chi connectivity index (χ2n) is 5.12. The Bertz CT molecular complexity index is 410. The van der Waals surface area contributed by atoms with Gasteiger partial charge in [0.05, 0.1) is 0 Å². The van der Waals surface area contributed by atoms with Crippen LogP contribution in [0.3, 0.4) is 0 Å². The highest BCUT2D eigenvalue weighted by atomic mass is 79.9. The normalized spacial score (nSPS) is 25.1. The van der Waals surface area contributed by atoms with Gasteiger partial charge in [0.2, 0.25) is 0 Å². The molecule has 0 saturated carbocycles. The van der Waals surface area contributed by atoms with Crippen LogP contribution in [-0.4, -0.2) is 41.0 Å². The zero-order chi connectivity index (χ0) is 13.1. The van der Waals surface area contributed by atoms with E-state index in [2.05, 4.69) is 57.0 Å². The van der Waals surface area contributed by atoms with Gasteiger partial charge in [0, 0.05) is 25.1 Å². The highest BCUT2D eigenvalue weighted by molar-refractivity contribution is 9.10. The highest BCUT2D eigenvalue weighted by Crippen LogP contribution is 2.21. The molecular formula is C13H21BrN4. The largest absolute Gasteiger partial charge is 0.367 e. The summed E-state index contributed by atoms with van der Waals surface area (Å²) < 4.78 is 0.859. The molecule has 2 unspecified atom stereocenters. The molecule has 18 heavy (non-hydrogen) atoms. The van der Waals surface area contributed by atoms with E-state index in [9.17, 15) is 0 Å². The molecule has 0 bridgehead atoms. The van der Waals surface area contributed by atoms with Crippen molar-refractivity contribution in [3.63, 3.8) is 0 Å². The van der Waals surface area contributed by atoms with Crippen molar-refractivity contribution in [2.75, 3.05) is 25.5 Å². The standard InChI is InChI=1S/C13H21BrN4/c1-4-12-16-11(14)7-13(17-12)15-10-5-6-18(3)8-9(10)2/h7,9-10H,4-6,8H2,1-3H3,(H,15,16,17). The first-order valence-corrected chi connectivity index (χ1v) is 7.36. The Morgan fingerprint density at radius 1 is 1.50 bits per heavy atom. The van der Waals surface area contributed by atoms with Gasteiger partial charge in [0.15, 0.2) is 0 Å². The lowest BCUT2D eigenvalue weighted by molar-refractivity contribution is 0.206. The number of aryl methyl sites for hydroxylation is 1. The zero-order valence-electron chi connectivity index (χ0n) is 11.3. The smallest absolute Gasteiger partial charge is 0.131 e. The van der Waals surface area contributed by atoms with Gasteiger partial charge in [-0.15, -0.1) is 0 Å². The number of nitrogens with zero attached hydrogens (tertiary/aromatic N) is 3. The summed E-state index contributed by atoms with van der Waals surface area (Å²) in [5.41, 5.74) is 0. The lowest BCUT2D eigenvalue weighted by Crippen LogP contribution is -2.43. The fourth-order valence-electron chi connectivity index (χ4n) is 2.46. The highest BCUT2D eigenvalue weighted by Gasteiger charge is 2.24. The first-order chi connectivity index (χ1) is 8.58. The molecule has 5 heteroatoms. The number of hydrogen-bond donors (Lipinski definition) is 1. The van der Waals surface area contributed by atoms with Crippen molar-refractivity contribution in [3.8, 4) is 0 Å². The van der Waals surface area contributed by atoms with E-state index in [4.69, 9.17) is 0 Å². The maximum Gasteiger partial charge on any atom is 0.131 e. The second kappa shape index (κ2) is 5.97. The van der Waals surface area contributed by atoms with Crippen LogP contribution >= 0.6 is 15.9 Å². The number of hydrogen-bond acceptors (Lipinski definition) is 4. The average molecular weight is 313 g/mol. The number of aromatic nitrogens is 2. The summed E-state index contributed by atoms with van der Waals surface area (Å²) in [4.78, 5) is 11.3. The zero-order valence-corrected chi connectivity index (χ0v) is 12.9. The van der Waals surface area contributed by atoms with Gasteiger partial charge >= 0.3 is 0 Å². The third-order valence-electron chi connectivity index (χ3n) is 3.50. The van der Waals surface area contributed by atoms with Gasteiger partial charge < -0.3 is 10.2 Å². The molecule has 1 aliphatic rings. The van der Waals surface area contributed by atoms with Crippen LogP contribution in [0.25, 0.3) is 0 Å². The van der Waals surface area contributed by atoms with Crippen molar-refractivity contribution >= 4 is 21.7 Å². The SMILES string of the molecule is CCc1nc(Br)cc(NC2CCN(C)CC2C)n1.